The van der Waals surface area contributed by atoms with Gasteiger partial charge >= 0.3 is 19.8 Å². The number of hydrogen-bond donors (Lipinski definition) is 0. The minimum Gasteiger partial charge on any atom is -0.516 e. The van der Waals surface area contributed by atoms with Crippen molar-refractivity contribution in [3.63, 3.8) is 0 Å². The number of aromatic nitrogens is 5. The smallest absolute Gasteiger partial charge is 0.516 e. The Bertz CT molecular complexity index is 1700. The summed E-state index contributed by atoms with van der Waals surface area (Å²) in [5.41, 5.74) is 10.3. The molecule has 1 aromatic carbocycles. The molecule has 5 aromatic heterocycles. The molecule has 0 aliphatic rings. The molecular weight excluding hydrogens is 761 g/mol. The van der Waals surface area contributed by atoms with Gasteiger partial charge in [0.2, 0.25) is 0 Å². The first-order valence-electron chi connectivity index (χ1n) is 14.8. The van der Waals surface area contributed by atoms with Crippen LogP contribution in [0.2, 0.25) is 0 Å². The fourth-order valence-electron chi connectivity index (χ4n) is 4.23. The number of rotatable bonds is 7. The summed E-state index contributed by atoms with van der Waals surface area (Å²) in [7, 11) is 1.64. The van der Waals surface area contributed by atoms with E-state index >= 15 is 0 Å². The zero-order chi connectivity index (χ0) is 32.7. The number of aryl methyl sites for hydroxylation is 4. The summed E-state index contributed by atoms with van der Waals surface area (Å²) in [5, 5.41) is 0. The van der Waals surface area contributed by atoms with Gasteiger partial charge in [0, 0.05) is 36.7 Å². The third-order valence-corrected chi connectivity index (χ3v) is 6.57. The molecule has 0 saturated heterocycles. The van der Waals surface area contributed by atoms with E-state index in [1.165, 1.54) is 22.3 Å². The molecule has 47 heavy (non-hydrogen) atoms. The average molecular weight is 799 g/mol. The van der Waals surface area contributed by atoms with Crippen molar-refractivity contribution in [1.29, 1.82) is 0 Å². The molecule has 0 amide bonds. The first-order chi connectivity index (χ1) is 22.3. The molecule has 0 N–H and O–H groups in total. The second kappa shape index (κ2) is 18.8. The number of methoxy groups -OCH3 is 1. The van der Waals surface area contributed by atoms with Crippen LogP contribution in [0.5, 0.6) is 11.5 Å². The molecule has 0 unspecified atom stereocenters. The fraction of sp³-hybridized carbons (Fsp3) is 0.154. The normalized spacial score (nSPS) is 9.81. The van der Waals surface area contributed by atoms with Crippen molar-refractivity contribution in [3.05, 3.63) is 151 Å². The first-order valence-corrected chi connectivity index (χ1v) is 14.8. The van der Waals surface area contributed by atoms with Crippen molar-refractivity contribution in [1.82, 2.24) is 24.9 Å². The molecule has 6 rings (SSSR count). The van der Waals surface area contributed by atoms with Crippen LogP contribution in [0.15, 0.2) is 123 Å². The minimum atomic E-state index is 0. The summed E-state index contributed by atoms with van der Waals surface area (Å²) >= 11 is 0. The van der Waals surface area contributed by atoms with E-state index in [2.05, 4.69) is 65.3 Å². The molecule has 0 atom stereocenters. The average Bonchev–Trinajstić information content (AvgIpc) is 3.08. The largest absolute Gasteiger partial charge is 1.00 e. The molecule has 7 nitrogen and oxygen atoms in total. The monoisotopic (exact) mass is 800 g/mol. The van der Waals surface area contributed by atoms with Crippen LogP contribution in [0.3, 0.4) is 0 Å². The molecule has 0 aliphatic heterocycles. The molecule has 6 aromatic rings. The third kappa shape index (κ3) is 11.7. The summed E-state index contributed by atoms with van der Waals surface area (Å²) in [5.74, 6) is 1.54. The fourth-order valence-corrected chi connectivity index (χ4v) is 4.23. The van der Waals surface area contributed by atoms with E-state index in [0.717, 1.165) is 45.5 Å². The Morgan fingerprint density at radius 2 is 1.00 bits per heavy atom. The second-order valence-corrected chi connectivity index (χ2v) is 10.5. The van der Waals surface area contributed by atoms with Gasteiger partial charge in [-0.05, 0) is 116 Å². The van der Waals surface area contributed by atoms with Gasteiger partial charge in [-0.15, -0.1) is 29.8 Å². The van der Waals surface area contributed by atoms with Crippen LogP contribution in [-0.2, 0) is 19.8 Å². The van der Waals surface area contributed by atoms with Gasteiger partial charge in [-0.25, -0.2) is 0 Å². The number of nitrogens with zero attached hydrogens (tertiary/aromatic N) is 5. The van der Waals surface area contributed by atoms with Crippen molar-refractivity contribution in [2.45, 2.75) is 27.7 Å². The zero-order valence-corrected chi connectivity index (χ0v) is 29.8. The molecule has 0 spiro atoms. The molecule has 0 bridgehead atoms. The molecule has 1 radical (unpaired) electrons. The van der Waals surface area contributed by atoms with Gasteiger partial charge in [-0.2, -0.15) is 0 Å². The Labute approximate surface area is 290 Å². The summed E-state index contributed by atoms with van der Waals surface area (Å²) < 4.78 is 10.6. The quantitative estimate of drug-likeness (QED) is 0.118. The van der Waals surface area contributed by atoms with Gasteiger partial charge in [0.15, 0.2) is 0 Å². The number of hydrogen-bond acceptors (Lipinski definition) is 7. The number of ether oxygens (including phenoxy) is 2. The van der Waals surface area contributed by atoms with Crippen LogP contribution in [0, 0.1) is 33.8 Å². The summed E-state index contributed by atoms with van der Waals surface area (Å²) in [6.45, 7) is 12.3. The van der Waals surface area contributed by atoms with Gasteiger partial charge in [-0.3, -0.25) is 19.9 Å². The van der Waals surface area contributed by atoms with Crippen molar-refractivity contribution >= 4 is 0 Å². The standard InChI is InChI=1S/C15H14NO2.2C12H12N2.Os/c1-3-9-18-14-7-8-16-15(11-14)12-5-4-6-13(10-12)17-2;2*1-9-3-5-13-11(7-9)12-8-10(2)4-6-14-12;/h3-4,6-8,10-11H,1,9H2,2H3;2*3-8H,1-2H3;/q-1;;;+1. The van der Waals surface area contributed by atoms with Crippen LogP contribution in [0.25, 0.3) is 34.0 Å². The molecule has 239 valence electrons. The third-order valence-electron chi connectivity index (χ3n) is 6.57. The number of benzene rings is 1. The van der Waals surface area contributed by atoms with E-state index in [9.17, 15) is 0 Å². The summed E-state index contributed by atoms with van der Waals surface area (Å²) in [4.78, 5) is 21.5. The van der Waals surface area contributed by atoms with E-state index in [0.29, 0.717) is 6.61 Å². The van der Waals surface area contributed by atoms with E-state index in [1.54, 1.807) is 19.4 Å². The van der Waals surface area contributed by atoms with Gasteiger partial charge in [0.1, 0.15) is 12.4 Å². The zero-order valence-electron chi connectivity index (χ0n) is 27.3. The van der Waals surface area contributed by atoms with E-state index in [1.807, 2.05) is 104 Å². The Hall–Kier alpha value is -5.05. The molecule has 0 saturated carbocycles. The first kappa shape index (κ1) is 36.4. The van der Waals surface area contributed by atoms with Crippen LogP contribution in [-0.4, -0.2) is 38.6 Å². The Morgan fingerprint density at radius 1 is 0.574 bits per heavy atom. The van der Waals surface area contributed by atoms with Crippen LogP contribution >= 0.6 is 0 Å². The molecule has 5 heterocycles. The topological polar surface area (TPSA) is 82.9 Å². The molecule has 8 heteroatoms. The summed E-state index contributed by atoms with van der Waals surface area (Å²) in [6, 6.07) is 28.5. The maximum Gasteiger partial charge on any atom is 1.00 e. The number of pyridine rings is 5. The van der Waals surface area contributed by atoms with Gasteiger partial charge in [0.05, 0.1) is 29.9 Å². The predicted octanol–water partition coefficient (Wildman–Crippen LogP) is 8.64. The van der Waals surface area contributed by atoms with Gasteiger partial charge < -0.3 is 14.5 Å². The predicted molar refractivity (Wildman–Crippen MR) is 185 cm³/mol. The molecule has 0 aliphatic carbocycles. The SMILES string of the molecule is C=CCOc1ccnc(-c2[c-]ccc(OC)c2)c1.Cc1ccnc(-c2cc(C)ccn2)c1.Cc1ccnc(-c2cc(C)ccn2)c1.[Os+]. The summed E-state index contributed by atoms with van der Waals surface area (Å²) in [6.07, 6.45) is 10.7. The maximum atomic E-state index is 5.47. The van der Waals surface area contributed by atoms with Crippen LogP contribution < -0.4 is 9.47 Å². The van der Waals surface area contributed by atoms with Crippen molar-refractivity contribution in [2.75, 3.05) is 13.7 Å². The van der Waals surface area contributed by atoms with Crippen molar-refractivity contribution in [2.24, 2.45) is 0 Å². The minimum absolute atomic E-state index is 0. The van der Waals surface area contributed by atoms with E-state index in [4.69, 9.17) is 9.47 Å². The Balaban J connectivity index is 0.000000192. The van der Waals surface area contributed by atoms with E-state index in [-0.39, 0.29) is 19.8 Å². The van der Waals surface area contributed by atoms with Crippen molar-refractivity contribution in [3.8, 4) is 45.5 Å². The van der Waals surface area contributed by atoms with Gasteiger partial charge in [-0.1, -0.05) is 12.7 Å². The van der Waals surface area contributed by atoms with Crippen molar-refractivity contribution < 1.29 is 29.3 Å². The molecule has 0 fully saturated rings. The van der Waals surface area contributed by atoms with Crippen LogP contribution in [0.1, 0.15) is 22.3 Å². The van der Waals surface area contributed by atoms with E-state index < -0.39 is 0 Å². The Kier molecular flexibility index (Phi) is 14.6. The second-order valence-electron chi connectivity index (χ2n) is 10.5. The maximum absolute atomic E-state index is 5.47. The molecular formula is C39H38N5O2Os. The van der Waals surface area contributed by atoms with Gasteiger partial charge in [0.25, 0.3) is 0 Å². The Morgan fingerprint density at radius 3 is 1.40 bits per heavy atom. The van der Waals surface area contributed by atoms with Crippen LogP contribution in [0.4, 0.5) is 0 Å².